The Balaban J connectivity index is 2.31. The highest BCUT2D eigenvalue weighted by atomic mass is 31.0. The largest absolute Gasteiger partial charge is 0.513 e. The van der Waals surface area contributed by atoms with Crippen molar-refractivity contribution in [1.29, 1.82) is 0 Å². The number of aliphatic hydroxyl groups excluding tert-OH is 2. The van der Waals surface area contributed by atoms with Gasteiger partial charge in [-0.3, -0.25) is 0 Å². The fraction of sp³-hybridized carbons (Fsp3) is 0.778. The first-order valence-electron chi connectivity index (χ1n) is 12.4. The predicted octanol–water partition coefficient (Wildman–Crippen LogP) is 6.57. The molecule has 0 spiro atoms. The van der Waals surface area contributed by atoms with E-state index in [9.17, 15) is 20.4 Å². The molecule has 0 radical (unpaired) electrons. The lowest BCUT2D eigenvalue weighted by Crippen LogP contribution is -2.28. The zero-order chi connectivity index (χ0) is 24.5. The molecular formula is C27H49O4P. The minimum Gasteiger partial charge on any atom is -0.513 e. The van der Waals surface area contributed by atoms with Crippen LogP contribution in [0.5, 0.6) is 0 Å². The van der Waals surface area contributed by atoms with Crippen LogP contribution in [0.1, 0.15) is 106 Å². The van der Waals surface area contributed by atoms with E-state index in [2.05, 4.69) is 30.0 Å². The van der Waals surface area contributed by atoms with Gasteiger partial charge in [0, 0.05) is 5.92 Å². The molecule has 0 saturated heterocycles. The van der Waals surface area contributed by atoms with E-state index in [1.54, 1.807) is 13.0 Å². The van der Waals surface area contributed by atoms with Crippen LogP contribution in [0.25, 0.3) is 0 Å². The maximum Gasteiger partial charge on any atom is 0.0852 e. The molecule has 186 valence electrons. The molecule has 0 bridgehead atoms. The summed E-state index contributed by atoms with van der Waals surface area (Å²) in [5.74, 6) is 1.06. The van der Waals surface area contributed by atoms with Crippen molar-refractivity contribution in [1.82, 2.24) is 0 Å². The van der Waals surface area contributed by atoms with Crippen molar-refractivity contribution in [2.45, 2.75) is 123 Å². The maximum absolute atomic E-state index is 10.8. The molecule has 0 aromatic heterocycles. The van der Waals surface area contributed by atoms with Crippen LogP contribution in [-0.2, 0) is 0 Å². The Labute approximate surface area is 199 Å². The lowest BCUT2D eigenvalue weighted by atomic mass is 9.84. The first kappa shape index (κ1) is 29.4. The van der Waals surface area contributed by atoms with Crippen LogP contribution in [-0.4, -0.2) is 37.7 Å². The molecule has 0 aromatic rings. The van der Waals surface area contributed by atoms with Gasteiger partial charge in [0.15, 0.2) is 0 Å². The molecule has 4 N–H and O–H groups in total. The van der Waals surface area contributed by atoms with E-state index < -0.39 is 11.2 Å². The summed E-state index contributed by atoms with van der Waals surface area (Å²) in [6.45, 7) is 11.8. The molecule has 1 aliphatic rings. The first-order valence-corrected chi connectivity index (χ1v) is 13.0. The highest BCUT2D eigenvalue weighted by Gasteiger charge is 2.25. The van der Waals surface area contributed by atoms with Gasteiger partial charge in [0.2, 0.25) is 0 Å². The highest BCUT2D eigenvalue weighted by molar-refractivity contribution is 7.23. The molecule has 1 rings (SSSR count). The van der Waals surface area contributed by atoms with Crippen molar-refractivity contribution in [3.8, 4) is 0 Å². The van der Waals surface area contributed by atoms with Crippen LogP contribution >= 0.6 is 9.24 Å². The van der Waals surface area contributed by atoms with E-state index in [4.69, 9.17) is 0 Å². The standard InChI is InChI=1S/C27H49O4P/c1-19(12-13-23-18-24(29)21(3)22(4)25(23)32)10-7-14-26(5,30)16-9-17-27(6,31)15-8-11-20(2)28/h11,18-19,21,24,28-31H,7-10,12-17,32H2,1-6H3/b20-11+. The van der Waals surface area contributed by atoms with Gasteiger partial charge in [-0.15, -0.1) is 9.24 Å². The summed E-state index contributed by atoms with van der Waals surface area (Å²) in [7, 11) is 2.86. The number of hydrogen-bond acceptors (Lipinski definition) is 4. The maximum atomic E-state index is 10.8. The summed E-state index contributed by atoms with van der Waals surface area (Å²) in [4.78, 5) is 0. The summed E-state index contributed by atoms with van der Waals surface area (Å²) in [5.41, 5.74) is 1.06. The van der Waals surface area contributed by atoms with Crippen LogP contribution in [0, 0.1) is 11.8 Å². The predicted molar refractivity (Wildman–Crippen MR) is 139 cm³/mol. The van der Waals surface area contributed by atoms with E-state index in [0.29, 0.717) is 37.4 Å². The fourth-order valence-corrected chi connectivity index (χ4v) is 4.99. The van der Waals surface area contributed by atoms with E-state index in [-0.39, 0.29) is 12.0 Å². The summed E-state index contributed by atoms with van der Waals surface area (Å²) in [5, 5.41) is 42.0. The van der Waals surface area contributed by atoms with Crippen molar-refractivity contribution in [2.75, 3.05) is 0 Å². The number of aliphatic hydroxyl groups is 4. The average molecular weight is 469 g/mol. The lowest BCUT2D eigenvalue weighted by Gasteiger charge is -2.28. The first-order chi connectivity index (χ1) is 14.7. The lowest BCUT2D eigenvalue weighted by molar-refractivity contribution is 0.0122. The second-order valence-electron chi connectivity index (χ2n) is 10.8. The van der Waals surface area contributed by atoms with Crippen LogP contribution in [0.4, 0.5) is 0 Å². The molecule has 0 heterocycles. The van der Waals surface area contributed by atoms with Gasteiger partial charge in [0.25, 0.3) is 0 Å². The van der Waals surface area contributed by atoms with Crippen molar-refractivity contribution < 1.29 is 20.4 Å². The minimum absolute atomic E-state index is 0.191. The quantitative estimate of drug-likeness (QED) is 0.172. The summed E-state index contributed by atoms with van der Waals surface area (Å²) >= 11 is 0. The molecule has 0 aromatic carbocycles. The van der Waals surface area contributed by atoms with E-state index in [0.717, 1.165) is 38.5 Å². The minimum atomic E-state index is -0.765. The highest BCUT2D eigenvalue weighted by Crippen LogP contribution is 2.36. The fourth-order valence-electron chi connectivity index (χ4n) is 4.48. The van der Waals surface area contributed by atoms with Crippen molar-refractivity contribution in [3.05, 3.63) is 34.4 Å². The Morgan fingerprint density at radius 1 is 1.09 bits per heavy atom. The second kappa shape index (κ2) is 13.3. The zero-order valence-corrected chi connectivity index (χ0v) is 22.5. The Bertz CT molecular complexity index is 671. The van der Waals surface area contributed by atoms with E-state index in [1.165, 1.54) is 16.5 Å². The Morgan fingerprint density at radius 3 is 2.25 bits per heavy atom. The normalized spacial score (nSPS) is 24.7. The molecule has 0 aliphatic heterocycles. The third-order valence-electron chi connectivity index (χ3n) is 7.21. The summed E-state index contributed by atoms with van der Waals surface area (Å²) in [6, 6.07) is 0. The van der Waals surface area contributed by atoms with Gasteiger partial charge in [-0.25, -0.2) is 0 Å². The zero-order valence-electron chi connectivity index (χ0n) is 21.3. The van der Waals surface area contributed by atoms with Crippen LogP contribution in [0.2, 0.25) is 0 Å². The topological polar surface area (TPSA) is 80.9 Å². The smallest absolute Gasteiger partial charge is 0.0852 e. The molecule has 0 amide bonds. The van der Waals surface area contributed by atoms with Gasteiger partial charge in [-0.05, 0) is 102 Å². The molecule has 0 saturated carbocycles. The summed E-state index contributed by atoms with van der Waals surface area (Å²) in [6.07, 6.45) is 11.7. The van der Waals surface area contributed by atoms with Gasteiger partial charge in [0.1, 0.15) is 0 Å². The number of hydrogen-bond donors (Lipinski definition) is 4. The molecule has 6 unspecified atom stereocenters. The van der Waals surface area contributed by atoms with Crippen molar-refractivity contribution >= 4 is 9.24 Å². The monoisotopic (exact) mass is 468 g/mol. The van der Waals surface area contributed by atoms with Gasteiger partial charge in [0.05, 0.1) is 23.1 Å². The second-order valence-corrected chi connectivity index (χ2v) is 11.4. The molecule has 6 atom stereocenters. The van der Waals surface area contributed by atoms with E-state index in [1.807, 2.05) is 19.9 Å². The number of allylic oxidation sites excluding steroid dienone is 4. The Kier molecular flexibility index (Phi) is 12.2. The third kappa shape index (κ3) is 11.0. The molecular weight excluding hydrogens is 419 g/mol. The molecule has 5 heteroatoms. The molecule has 32 heavy (non-hydrogen) atoms. The SMILES string of the molecule is CC1=C(P)C(CCC(C)CCCC(C)(O)CCCC(C)(O)CC/C=C(\C)O)=CC(O)C1C. The average Bonchev–Trinajstić information content (AvgIpc) is 2.67. The Hall–Kier alpha value is -0.670. The molecule has 1 aliphatic carbocycles. The Morgan fingerprint density at radius 2 is 1.66 bits per heavy atom. The van der Waals surface area contributed by atoms with Crippen LogP contribution < -0.4 is 0 Å². The van der Waals surface area contributed by atoms with Gasteiger partial charge >= 0.3 is 0 Å². The van der Waals surface area contributed by atoms with Crippen LogP contribution in [0.15, 0.2) is 34.4 Å². The van der Waals surface area contributed by atoms with Crippen molar-refractivity contribution in [3.63, 3.8) is 0 Å². The van der Waals surface area contributed by atoms with Crippen LogP contribution in [0.3, 0.4) is 0 Å². The molecule has 4 nitrogen and oxygen atoms in total. The summed E-state index contributed by atoms with van der Waals surface area (Å²) < 4.78 is 0. The number of rotatable bonds is 14. The third-order valence-corrected chi connectivity index (χ3v) is 8.04. The van der Waals surface area contributed by atoms with Gasteiger partial charge in [-0.2, -0.15) is 0 Å². The van der Waals surface area contributed by atoms with Gasteiger partial charge < -0.3 is 20.4 Å². The van der Waals surface area contributed by atoms with Gasteiger partial charge in [-0.1, -0.05) is 38.3 Å². The van der Waals surface area contributed by atoms with Crippen molar-refractivity contribution in [2.24, 2.45) is 11.8 Å². The van der Waals surface area contributed by atoms with E-state index >= 15 is 0 Å². The molecule has 0 fully saturated rings.